The van der Waals surface area contributed by atoms with Gasteiger partial charge >= 0.3 is 0 Å². The van der Waals surface area contributed by atoms with Gasteiger partial charge in [-0.25, -0.2) is 4.98 Å². The van der Waals surface area contributed by atoms with Crippen LogP contribution in [0.3, 0.4) is 0 Å². The minimum atomic E-state index is -0.0776. The maximum absolute atomic E-state index is 12.7. The molecule has 1 fully saturated rings. The Morgan fingerprint density at radius 3 is 3.00 bits per heavy atom. The Labute approximate surface area is 144 Å². The van der Waals surface area contributed by atoms with Gasteiger partial charge in [-0.3, -0.25) is 14.5 Å². The number of hydrogen-bond acceptors (Lipinski definition) is 5. The number of aromatic amines is 1. The molecule has 0 spiro atoms. The molecule has 3 heterocycles. The number of hydrogen-bond donors (Lipinski definition) is 2. The van der Waals surface area contributed by atoms with Gasteiger partial charge in [0.2, 0.25) is 5.91 Å². The first kappa shape index (κ1) is 15.8. The molecule has 2 aromatic heterocycles. The van der Waals surface area contributed by atoms with Crippen molar-refractivity contribution >= 4 is 27.5 Å². The summed E-state index contributed by atoms with van der Waals surface area (Å²) in [5, 5.41) is 3.61. The molecule has 7 heteroatoms. The predicted molar refractivity (Wildman–Crippen MR) is 94.4 cm³/mol. The highest BCUT2D eigenvalue weighted by atomic mass is 32.1. The molecular weight excluding hydrogens is 324 g/mol. The van der Waals surface area contributed by atoms with Crippen LogP contribution in [0.15, 0.2) is 4.79 Å². The summed E-state index contributed by atoms with van der Waals surface area (Å²) in [7, 11) is 0. The standard InChI is InChI=1S/C17H22N4O2S/c1-9-3-4-11-12(7-9)24-17-14(11)16(23)19-15(20-17)10(2)21-6-5-18-13(22)8-21/h9-10H,3-8H2,1-2H3,(H,18,22)(H,19,20,23)/t9-,10+/m1/s1. The molecular formula is C17H22N4O2S. The van der Waals surface area contributed by atoms with Crippen LogP contribution in [0.4, 0.5) is 0 Å². The second-order valence-electron chi connectivity index (χ2n) is 6.98. The van der Waals surface area contributed by atoms with E-state index in [9.17, 15) is 9.59 Å². The van der Waals surface area contributed by atoms with Gasteiger partial charge in [0.25, 0.3) is 5.56 Å². The monoisotopic (exact) mass is 346 g/mol. The van der Waals surface area contributed by atoms with Gasteiger partial charge in [-0.15, -0.1) is 11.3 Å². The summed E-state index contributed by atoms with van der Waals surface area (Å²) < 4.78 is 0. The van der Waals surface area contributed by atoms with Crippen molar-refractivity contribution in [3.05, 3.63) is 26.6 Å². The molecule has 0 unspecified atom stereocenters. The molecule has 128 valence electrons. The van der Waals surface area contributed by atoms with Crippen LogP contribution in [-0.2, 0) is 17.6 Å². The molecule has 2 N–H and O–H groups in total. The van der Waals surface area contributed by atoms with Gasteiger partial charge in [-0.2, -0.15) is 0 Å². The molecule has 0 aromatic carbocycles. The Hall–Kier alpha value is -1.73. The van der Waals surface area contributed by atoms with E-state index >= 15 is 0 Å². The number of rotatable bonds is 2. The molecule has 2 aliphatic rings. The van der Waals surface area contributed by atoms with E-state index < -0.39 is 0 Å². The van der Waals surface area contributed by atoms with E-state index in [0.29, 0.717) is 24.8 Å². The van der Waals surface area contributed by atoms with E-state index in [1.165, 1.54) is 10.4 Å². The number of thiophene rings is 1. The lowest BCUT2D eigenvalue weighted by atomic mass is 9.89. The van der Waals surface area contributed by atoms with Crippen LogP contribution in [0.5, 0.6) is 0 Å². The molecule has 1 saturated heterocycles. The number of amides is 1. The first-order chi connectivity index (χ1) is 11.5. The van der Waals surface area contributed by atoms with Gasteiger partial charge in [-0.05, 0) is 37.7 Å². The highest BCUT2D eigenvalue weighted by Gasteiger charge is 2.27. The van der Waals surface area contributed by atoms with Crippen LogP contribution in [-0.4, -0.2) is 40.4 Å². The van der Waals surface area contributed by atoms with E-state index in [1.54, 1.807) is 11.3 Å². The molecule has 0 saturated carbocycles. The fraction of sp³-hybridized carbons (Fsp3) is 0.588. The summed E-state index contributed by atoms with van der Waals surface area (Å²) in [5.41, 5.74) is 1.17. The number of carbonyl (C=O) groups excluding carboxylic acids is 1. The van der Waals surface area contributed by atoms with E-state index in [1.807, 2.05) is 6.92 Å². The lowest BCUT2D eigenvalue weighted by Crippen LogP contribution is -2.48. The Morgan fingerprint density at radius 1 is 1.38 bits per heavy atom. The Bertz CT molecular complexity index is 856. The van der Waals surface area contributed by atoms with E-state index in [0.717, 1.165) is 36.0 Å². The molecule has 1 aliphatic carbocycles. The summed E-state index contributed by atoms with van der Waals surface area (Å²) in [6.07, 6.45) is 3.16. The molecule has 2 atom stereocenters. The molecule has 2 aromatic rings. The minimum Gasteiger partial charge on any atom is -0.354 e. The average Bonchev–Trinajstić information content (AvgIpc) is 2.91. The van der Waals surface area contributed by atoms with Gasteiger partial charge in [0.05, 0.1) is 18.0 Å². The van der Waals surface area contributed by atoms with Crippen LogP contribution >= 0.6 is 11.3 Å². The van der Waals surface area contributed by atoms with Crippen LogP contribution < -0.4 is 10.9 Å². The van der Waals surface area contributed by atoms with Crippen molar-refractivity contribution in [2.45, 2.75) is 39.2 Å². The zero-order chi connectivity index (χ0) is 16.8. The quantitative estimate of drug-likeness (QED) is 0.866. The highest BCUT2D eigenvalue weighted by molar-refractivity contribution is 7.18. The maximum atomic E-state index is 12.7. The number of carbonyl (C=O) groups is 1. The van der Waals surface area contributed by atoms with E-state index in [2.05, 4.69) is 22.1 Å². The average molecular weight is 346 g/mol. The number of nitrogens with one attached hydrogen (secondary N) is 2. The second-order valence-corrected chi connectivity index (χ2v) is 8.06. The van der Waals surface area contributed by atoms with Crippen LogP contribution in [0.2, 0.25) is 0 Å². The van der Waals surface area contributed by atoms with Crippen molar-refractivity contribution < 1.29 is 4.79 Å². The number of nitrogens with zero attached hydrogens (tertiary/aromatic N) is 2. The van der Waals surface area contributed by atoms with Gasteiger partial charge in [0.1, 0.15) is 10.7 Å². The number of aryl methyl sites for hydroxylation is 1. The Balaban J connectivity index is 1.73. The molecule has 1 aliphatic heterocycles. The van der Waals surface area contributed by atoms with E-state index in [4.69, 9.17) is 4.98 Å². The summed E-state index contributed by atoms with van der Waals surface area (Å²) in [4.78, 5) is 36.2. The van der Waals surface area contributed by atoms with Crippen LogP contribution in [0, 0.1) is 5.92 Å². The number of fused-ring (bicyclic) bond motifs is 3. The molecule has 0 bridgehead atoms. The minimum absolute atomic E-state index is 0.0251. The largest absolute Gasteiger partial charge is 0.354 e. The summed E-state index contributed by atoms with van der Waals surface area (Å²) in [6, 6.07) is -0.0776. The summed E-state index contributed by atoms with van der Waals surface area (Å²) >= 11 is 1.67. The van der Waals surface area contributed by atoms with Gasteiger partial charge in [0.15, 0.2) is 0 Å². The van der Waals surface area contributed by atoms with Crippen LogP contribution in [0.25, 0.3) is 10.2 Å². The molecule has 1 amide bonds. The molecule has 0 radical (unpaired) electrons. The van der Waals surface area contributed by atoms with Gasteiger partial charge < -0.3 is 10.3 Å². The first-order valence-corrected chi connectivity index (χ1v) is 9.39. The lowest BCUT2D eigenvalue weighted by Gasteiger charge is -2.31. The number of aromatic nitrogens is 2. The third-order valence-electron chi connectivity index (χ3n) is 5.20. The third-order valence-corrected chi connectivity index (χ3v) is 6.34. The lowest BCUT2D eigenvalue weighted by molar-refractivity contribution is -0.124. The molecule has 6 nitrogen and oxygen atoms in total. The second kappa shape index (κ2) is 5.97. The third kappa shape index (κ3) is 2.65. The molecule has 4 rings (SSSR count). The fourth-order valence-electron chi connectivity index (χ4n) is 3.73. The van der Waals surface area contributed by atoms with Crippen molar-refractivity contribution in [1.82, 2.24) is 20.2 Å². The van der Waals surface area contributed by atoms with Crippen molar-refractivity contribution in [1.29, 1.82) is 0 Å². The molecule has 24 heavy (non-hydrogen) atoms. The van der Waals surface area contributed by atoms with Crippen molar-refractivity contribution in [2.75, 3.05) is 19.6 Å². The SMILES string of the molecule is C[C@@H]1CCc2c(sc3nc([C@H](C)N4CCNC(=O)C4)[nH]c(=O)c23)C1. The maximum Gasteiger partial charge on any atom is 0.259 e. The summed E-state index contributed by atoms with van der Waals surface area (Å²) in [6.45, 7) is 6.02. The Kier molecular flexibility index (Phi) is 3.92. The highest BCUT2D eigenvalue weighted by Crippen LogP contribution is 2.36. The van der Waals surface area contributed by atoms with Crippen molar-refractivity contribution in [3.63, 3.8) is 0 Å². The van der Waals surface area contributed by atoms with Crippen molar-refractivity contribution in [2.24, 2.45) is 5.92 Å². The topological polar surface area (TPSA) is 78.1 Å². The zero-order valence-corrected chi connectivity index (χ0v) is 14.8. The van der Waals surface area contributed by atoms with E-state index in [-0.39, 0.29) is 17.5 Å². The Morgan fingerprint density at radius 2 is 2.21 bits per heavy atom. The van der Waals surface area contributed by atoms with Gasteiger partial charge in [0, 0.05) is 18.0 Å². The first-order valence-electron chi connectivity index (χ1n) is 8.58. The normalized spacial score (nSPS) is 23.1. The zero-order valence-electron chi connectivity index (χ0n) is 14.0. The van der Waals surface area contributed by atoms with Gasteiger partial charge in [-0.1, -0.05) is 6.92 Å². The number of H-pyrrole nitrogens is 1. The number of piperazine rings is 1. The predicted octanol–water partition coefficient (Wildman–Crippen LogP) is 1.60. The summed E-state index contributed by atoms with van der Waals surface area (Å²) in [5.74, 6) is 1.36. The smallest absolute Gasteiger partial charge is 0.259 e. The van der Waals surface area contributed by atoms with Crippen LogP contribution in [0.1, 0.15) is 42.6 Å². The van der Waals surface area contributed by atoms with Crippen molar-refractivity contribution in [3.8, 4) is 0 Å². The fourth-order valence-corrected chi connectivity index (χ4v) is 5.12.